The molecule has 0 aliphatic rings. The molecule has 0 N–H and O–H groups in total. The van der Waals surface area contributed by atoms with Gasteiger partial charge in [-0.1, -0.05) is 12.1 Å². The Morgan fingerprint density at radius 3 is 2.47 bits per heavy atom. The Morgan fingerprint density at radius 1 is 1.13 bits per heavy atom. The van der Waals surface area contributed by atoms with Crippen molar-refractivity contribution in [3.63, 3.8) is 0 Å². The second-order valence-corrected chi connectivity index (χ2v) is 3.30. The molecule has 0 fully saturated rings. The zero-order valence-electron chi connectivity index (χ0n) is 8.18. The number of fused-ring (bicyclic) bond motifs is 1. The maximum atomic E-state index is 11.1. The standard InChI is InChI=1S/C11H9N2O2/c1-13(15)11-5-3-8-6-10(12-14)4-2-9(8)7-11/h2-7H,1H3/q-1. The van der Waals surface area contributed by atoms with Crippen molar-refractivity contribution >= 4 is 22.1 Å². The van der Waals surface area contributed by atoms with Crippen LogP contribution in [-0.4, -0.2) is 7.05 Å². The first-order chi connectivity index (χ1) is 7.20. The summed E-state index contributed by atoms with van der Waals surface area (Å²) in [6.07, 6.45) is 0. The van der Waals surface area contributed by atoms with Gasteiger partial charge in [-0.2, -0.15) is 0 Å². The van der Waals surface area contributed by atoms with Gasteiger partial charge in [0, 0.05) is 5.69 Å². The van der Waals surface area contributed by atoms with Crippen molar-refractivity contribution in [1.29, 1.82) is 0 Å². The topological polar surface area (TPSA) is 55.7 Å². The minimum Gasteiger partial charge on any atom is -0.758 e. The molecule has 0 unspecified atom stereocenters. The molecule has 15 heavy (non-hydrogen) atoms. The number of hydrogen-bond donors (Lipinski definition) is 0. The Balaban J connectivity index is 2.59. The highest BCUT2D eigenvalue weighted by Crippen LogP contribution is 2.24. The molecule has 4 nitrogen and oxygen atoms in total. The second-order valence-electron chi connectivity index (χ2n) is 3.30. The van der Waals surface area contributed by atoms with E-state index in [0.717, 1.165) is 15.8 Å². The minimum atomic E-state index is 0.394. The van der Waals surface area contributed by atoms with Crippen molar-refractivity contribution < 1.29 is 0 Å². The van der Waals surface area contributed by atoms with Gasteiger partial charge in [-0.25, -0.2) is 0 Å². The van der Waals surface area contributed by atoms with E-state index in [-0.39, 0.29) is 0 Å². The second kappa shape index (κ2) is 3.67. The molecule has 0 saturated carbocycles. The van der Waals surface area contributed by atoms with E-state index in [2.05, 4.69) is 5.18 Å². The largest absolute Gasteiger partial charge is 0.758 e. The summed E-state index contributed by atoms with van der Waals surface area (Å²) >= 11 is 0. The van der Waals surface area contributed by atoms with E-state index in [9.17, 15) is 10.1 Å². The normalized spacial score (nSPS) is 10.3. The zero-order valence-corrected chi connectivity index (χ0v) is 8.18. The van der Waals surface area contributed by atoms with Crippen molar-refractivity contribution in [2.75, 3.05) is 12.1 Å². The van der Waals surface area contributed by atoms with Crippen molar-refractivity contribution in [1.82, 2.24) is 0 Å². The number of hydroxylamine groups is 1. The van der Waals surface area contributed by atoms with Gasteiger partial charge in [0.1, 0.15) is 5.69 Å². The summed E-state index contributed by atoms with van der Waals surface area (Å²) in [5.74, 6) is 0. The monoisotopic (exact) mass is 201 g/mol. The summed E-state index contributed by atoms with van der Waals surface area (Å²) in [5.41, 5.74) is 0.986. The molecule has 2 aromatic rings. The van der Waals surface area contributed by atoms with Crippen LogP contribution in [0.25, 0.3) is 10.8 Å². The van der Waals surface area contributed by atoms with Gasteiger partial charge in [0.25, 0.3) is 0 Å². The molecule has 0 radical (unpaired) electrons. The minimum absolute atomic E-state index is 0.394. The summed E-state index contributed by atoms with van der Waals surface area (Å²) in [5, 5.41) is 16.5. The van der Waals surface area contributed by atoms with Crippen LogP contribution in [0, 0.1) is 10.1 Å². The van der Waals surface area contributed by atoms with Gasteiger partial charge in [0.15, 0.2) is 0 Å². The van der Waals surface area contributed by atoms with Gasteiger partial charge in [-0.3, -0.25) is 0 Å². The van der Waals surface area contributed by atoms with Gasteiger partial charge < -0.3 is 10.3 Å². The van der Waals surface area contributed by atoms with Crippen LogP contribution in [0.1, 0.15) is 0 Å². The average molecular weight is 201 g/mol. The lowest BCUT2D eigenvalue weighted by atomic mass is 10.1. The molecule has 0 heterocycles. The number of hydrogen-bond acceptors (Lipinski definition) is 4. The summed E-state index contributed by atoms with van der Waals surface area (Å²) in [4.78, 5) is 10.3. The number of rotatable bonds is 2. The quantitative estimate of drug-likeness (QED) is 0.553. The Bertz CT molecular complexity index is 509. The molecule has 0 amide bonds. The van der Waals surface area contributed by atoms with Crippen molar-refractivity contribution in [3.05, 3.63) is 46.5 Å². The molecule has 4 heteroatoms. The van der Waals surface area contributed by atoms with Crippen LogP contribution in [0.3, 0.4) is 0 Å². The third kappa shape index (κ3) is 1.80. The first kappa shape index (κ1) is 9.61. The Morgan fingerprint density at radius 2 is 1.80 bits per heavy atom. The van der Waals surface area contributed by atoms with E-state index in [1.807, 2.05) is 0 Å². The van der Waals surface area contributed by atoms with Crippen LogP contribution in [0.5, 0.6) is 0 Å². The molecule has 0 aliphatic carbocycles. The molecule has 0 spiro atoms. The van der Waals surface area contributed by atoms with Crippen LogP contribution >= 0.6 is 0 Å². The van der Waals surface area contributed by atoms with Gasteiger partial charge in [0.05, 0.1) is 0 Å². The van der Waals surface area contributed by atoms with Crippen LogP contribution in [-0.2, 0) is 0 Å². The predicted octanol–water partition coefficient (Wildman–Crippen LogP) is 3.17. The lowest BCUT2D eigenvalue weighted by molar-refractivity contribution is 1.22. The molecule has 2 aromatic carbocycles. The van der Waals surface area contributed by atoms with E-state index >= 15 is 0 Å². The van der Waals surface area contributed by atoms with Crippen molar-refractivity contribution in [2.45, 2.75) is 0 Å². The van der Waals surface area contributed by atoms with Gasteiger partial charge in [0.2, 0.25) is 0 Å². The van der Waals surface area contributed by atoms with Crippen LogP contribution in [0.4, 0.5) is 11.4 Å². The molecule has 0 aliphatic heterocycles. The summed E-state index contributed by atoms with van der Waals surface area (Å²) in [6.45, 7) is 0. The highest BCUT2D eigenvalue weighted by atomic mass is 16.5. The molecule has 0 atom stereocenters. The van der Waals surface area contributed by atoms with Crippen molar-refractivity contribution in [3.8, 4) is 0 Å². The lowest BCUT2D eigenvalue weighted by Crippen LogP contribution is -2.05. The third-order valence-corrected chi connectivity index (χ3v) is 2.28. The number of benzene rings is 2. The van der Waals surface area contributed by atoms with Crippen LogP contribution < -0.4 is 5.06 Å². The van der Waals surface area contributed by atoms with Gasteiger partial charge >= 0.3 is 0 Å². The molecule has 0 saturated heterocycles. The Labute approximate surface area is 86.7 Å². The van der Waals surface area contributed by atoms with E-state index in [1.54, 1.807) is 36.4 Å². The number of nitroso groups, excluding NO2 is 1. The highest BCUT2D eigenvalue weighted by Gasteiger charge is 1.98. The van der Waals surface area contributed by atoms with E-state index < -0.39 is 0 Å². The smallest absolute Gasteiger partial charge is 0.108 e. The summed E-state index contributed by atoms with van der Waals surface area (Å²) in [7, 11) is 1.45. The van der Waals surface area contributed by atoms with Crippen LogP contribution in [0.2, 0.25) is 0 Å². The fraction of sp³-hybridized carbons (Fsp3) is 0.0909. The molecule has 0 aromatic heterocycles. The lowest BCUT2D eigenvalue weighted by Gasteiger charge is -2.24. The first-order valence-electron chi connectivity index (χ1n) is 4.49. The van der Waals surface area contributed by atoms with Crippen molar-refractivity contribution in [2.24, 2.45) is 5.18 Å². The molecular weight excluding hydrogens is 192 g/mol. The Hall–Kier alpha value is -1.94. The summed E-state index contributed by atoms with van der Waals surface area (Å²) in [6, 6.07) is 10.4. The Kier molecular flexibility index (Phi) is 2.35. The molecule has 0 bridgehead atoms. The predicted molar refractivity (Wildman–Crippen MR) is 61.2 cm³/mol. The SMILES string of the molecule is CN([O-])c1ccc2cc(N=O)ccc2c1. The number of anilines is 1. The van der Waals surface area contributed by atoms with Gasteiger partial charge in [-0.05, 0) is 47.3 Å². The average Bonchev–Trinajstić information content (AvgIpc) is 2.27. The fourth-order valence-corrected chi connectivity index (χ4v) is 1.47. The van der Waals surface area contributed by atoms with Gasteiger partial charge in [-0.15, -0.1) is 4.91 Å². The molecule has 76 valence electrons. The summed E-state index contributed by atoms with van der Waals surface area (Å²) < 4.78 is 0. The first-order valence-corrected chi connectivity index (χ1v) is 4.49. The maximum absolute atomic E-state index is 11.1. The maximum Gasteiger partial charge on any atom is 0.108 e. The highest BCUT2D eigenvalue weighted by molar-refractivity contribution is 5.88. The van der Waals surface area contributed by atoms with E-state index in [1.165, 1.54) is 7.05 Å². The number of nitrogens with zero attached hydrogens (tertiary/aromatic N) is 2. The zero-order chi connectivity index (χ0) is 10.8. The molecular formula is C11H9N2O2-. The fourth-order valence-electron chi connectivity index (χ4n) is 1.47. The van der Waals surface area contributed by atoms with E-state index in [4.69, 9.17) is 0 Å². The third-order valence-electron chi connectivity index (χ3n) is 2.28. The van der Waals surface area contributed by atoms with E-state index in [0.29, 0.717) is 11.4 Å². The van der Waals surface area contributed by atoms with Crippen LogP contribution in [0.15, 0.2) is 41.6 Å². The molecule has 2 rings (SSSR count).